The van der Waals surface area contributed by atoms with Crippen molar-refractivity contribution in [3.8, 4) is 0 Å². The van der Waals surface area contributed by atoms with E-state index in [-0.39, 0.29) is 85.4 Å². The Morgan fingerprint density at radius 3 is 1.14 bits per heavy atom. The van der Waals surface area contributed by atoms with E-state index in [4.69, 9.17) is 77.9 Å². The zero-order valence-corrected chi connectivity index (χ0v) is 80.6. The van der Waals surface area contributed by atoms with Gasteiger partial charge in [-0.2, -0.15) is 0 Å². The molecule has 0 saturated carbocycles. The molecule has 6 saturated heterocycles. The predicted molar refractivity (Wildman–Crippen MR) is 480 cm³/mol. The first kappa shape index (κ1) is 96.0. The number of esters is 2. The van der Waals surface area contributed by atoms with E-state index in [0.29, 0.717) is 60.6 Å². The van der Waals surface area contributed by atoms with Crippen LogP contribution in [0.3, 0.4) is 0 Å². The Kier molecular flexibility index (Phi) is 54.9. The number of carbonyl (C=O) groups is 3. The third-order valence-corrected chi connectivity index (χ3v) is 68.7. The number of fused-ring (bicyclic) bond motifs is 2. The van der Waals surface area contributed by atoms with Crippen LogP contribution in [0.4, 0.5) is 0 Å². The Bertz CT molecular complexity index is 3790. The summed E-state index contributed by atoms with van der Waals surface area (Å²) < 4.78 is 49.5. The van der Waals surface area contributed by atoms with Gasteiger partial charge in [-0.1, -0.05) is 126 Å². The third-order valence-electron chi connectivity index (χ3n) is 17.6. The van der Waals surface area contributed by atoms with Crippen LogP contribution in [0.15, 0.2) is 30.3 Å². The number of aliphatic carboxylic acids is 1. The highest BCUT2D eigenvalue weighted by molar-refractivity contribution is 8.77. The van der Waals surface area contributed by atoms with E-state index in [1.807, 2.05) is 30.3 Å². The molecule has 1 N–H and O–H groups in total. The van der Waals surface area contributed by atoms with Crippen LogP contribution in [0.2, 0.25) is 0 Å². The lowest BCUT2D eigenvalue weighted by Gasteiger charge is -2.52. The van der Waals surface area contributed by atoms with Crippen molar-refractivity contribution in [1.82, 2.24) is 0 Å². The maximum Gasteiger partial charge on any atom is 0.308 e. The number of benzene rings is 1. The van der Waals surface area contributed by atoms with Gasteiger partial charge in [-0.25, -0.2) is 0 Å². The van der Waals surface area contributed by atoms with Crippen molar-refractivity contribution in [1.29, 1.82) is 0 Å². The minimum atomic E-state index is -0.800. The number of rotatable bonds is 15. The maximum atomic E-state index is 12.7. The summed E-state index contributed by atoms with van der Waals surface area (Å²) in [5.74, 6) is 1.98. The van der Waals surface area contributed by atoms with E-state index in [0.717, 1.165) is 44.1 Å². The summed E-state index contributed by atoms with van der Waals surface area (Å²) in [5.41, 5.74) is 0.997. The Morgan fingerprint density at radius 2 is 0.837 bits per heavy atom. The van der Waals surface area contributed by atoms with Crippen LogP contribution in [-0.2, 0) is 326 Å². The summed E-state index contributed by atoms with van der Waals surface area (Å²) in [6.45, 7) is 31.0. The highest BCUT2D eigenvalue weighted by Crippen LogP contribution is 2.52. The van der Waals surface area contributed by atoms with Crippen molar-refractivity contribution in [3.63, 3.8) is 0 Å². The van der Waals surface area contributed by atoms with Crippen LogP contribution in [0.25, 0.3) is 0 Å². The van der Waals surface area contributed by atoms with Gasteiger partial charge in [0, 0.05) is 312 Å². The lowest BCUT2D eigenvalue weighted by Crippen LogP contribution is -2.57. The fourth-order valence-electron chi connectivity index (χ4n) is 12.5. The normalized spacial score (nSPS) is 29.4. The summed E-state index contributed by atoms with van der Waals surface area (Å²) in [6.07, 6.45) is 10.7. The van der Waals surface area contributed by atoms with Crippen molar-refractivity contribution in [3.05, 3.63) is 35.9 Å². The van der Waals surface area contributed by atoms with Gasteiger partial charge >= 0.3 is 17.9 Å². The molecule has 2 spiro atoms. The van der Waals surface area contributed by atoms with Crippen LogP contribution in [0.1, 0.15) is 180 Å². The standard InChI is InChI=1S/C30H46O5.C23H40O5.C4H8O2.S15.S14/c1-7-19(2)13-20(3)25-14-27-29(33-25)22(5)17-30(35-27)16-21(4)23(6)26(34-30)15-28(31)32-18-24-11-9-8-10-12-24;1-7-13(2)8-14(3)18-9-20-22(26-18)16(5)12-23(28-20)11-15(4)17(6)19(27-23)10-21(24)25;1-3-6-4(2)5;1-3-5-7-9-11-13-15-14-12-10-8-6-4-2;1-3-5-7-9-11-13-14-12-10-8-6-4-2/h8-12,19-23,25-27,29H,7,13-18H2,1-6H3;13-20,22H,7-12H2,1-6H3,(H,24,25);3H2,1-2H3;;/t19-,20-,21-,22-,23-,25-,26-,27-,29-,30+;13-,14-,15-,16-,17-,18-,19-,20-,22-,23+;;;/m00.../s1. The average Bonchev–Trinajstić information content (AvgIpc) is 1.44. The molecule has 0 aromatic heterocycles. The van der Waals surface area contributed by atoms with E-state index in [9.17, 15) is 19.5 Å². The van der Waals surface area contributed by atoms with Gasteiger partial charge in [0.05, 0.1) is 68.3 Å². The molecule has 0 bridgehead atoms. The molecular formula is C57H94O12S29. The third kappa shape index (κ3) is 38.6. The lowest BCUT2D eigenvalue weighted by atomic mass is 9.76. The van der Waals surface area contributed by atoms with Gasteiger partial charge in [0.1, 0.15) is 6.61 Å². The monoisotopic (exact) mass is 1900 g/mol. The zero-order valence-electron chi connectivity index (χ0n) is 57.0. The molecule has 41 heteroatoms. The first-order valence-corrected chi connectivity index (χ1v) is 67.7. The Balaban J connectivity index is 0.000000352. The van der Waals surface area contributed by atoms with Gasteiger partial charge in [-0.15, -0.1) is 0 Å². The second kappa shape index (κ2) is 56.1. The van der Waals surface area contributed by atoms with Crippen LogP contribution in [-0.4, -0.2) is 90.0 Å². The largest absolute Gasteiger partial charge is 0.481 e. The van der Waals surface area contributed by atoms with Crippen LogP contribution in [0.5, 0.6) is 0 Å². The molecule has 0 radical (unpaired) electrons. The molecule has 6 fully saturated rings. The number of carbonyl (C=O) groups excluding carboxylic acids is 2. The maximum absolute atomic E-state index is 12.7. The number of carboxylic acid groups (broad SMARTS) is 1. The molecule has 12 nitrogen and oxygen atoms in total. The molecule has 0 amide bonds. The summed E-state index contributed by atoms with van der Waals surface area (Å²) in [6, 6.07) is 9.82. The van der Waals surface area contributed by atoms with Gasteiger partial charge in [-0.3, -0.25) is 14.4 Å². The van der Waals surface area contributed by atoms with Crippen LogP contribution >= 0.6 is 0 Å². The fourth-order valence-corrected chi connectivity index (χ4v) is 70.2. The summed E-state index contributed by atoms with van der Waals surface area (Å²) in [7, 11) is 41.6. The minimum absolute atomic E-state index is 0.0458. The zero-order chi connectivity index (χ0) is 72.5. The molecule has 0 aliphatic carbocycles. The lowest BCUT2D eigenvalue weighted by molar-refractivity contribution is -0.347. The van der Waals surface area contributed by atoms with Gasteiger partial charge in [0.25, 0.3) is 0 Å². The van der Waals surface area contributed by atoms with Gasteiger partial charge in [0.2, 0.25) is 0 Å². The highest BCUT2D eigenvalue weighted by Gasteiger charge is 2.57. The van der Waals surface area contributed by atoms with E-state index in [1.54, 1.807) is 193 Å². The van der Waals surface area contributed by atoms with Gasteiger partial charge < -0.3 is 43.0 Å². The van der Waals surface area contributed by atoms with Crippen molar-refractivity contribution in [2.24, 2.45) is 59.2 Å². The highest BCUT2D eigenvalue weighted by atomic mass is 33.5. The molecular weight excluding hydrogens is 1810 g/mol. The molecule has 6 heterocycles. The van der Waals surface area contributed by atoms with E-state index < -0.39 is 17.5 Å². The van der Waals surface area contributed by atoms with Crippen molar-refractivity contribution in [2.45, 2.75) is 241 Å². The number of carboxylic acids is 1. The number of hydrogen-bond acceptors (Lipinski definition) is 15. The quantitative estimate of drug-likeness (QED) is 0.166. The second-order valence-electron chi connectivity index (χ2n) is 24.7. The summed E-state index contributed by atoms with van der Waals surface area (Å²) in [5, 5.41) is 9.31. The first-order valence-electron chi connectivity index (χ1n) is 31.7. The topological polar surface area (TPSA) is 145 Å². The van der Waals surface area contributed by atoms with Gasteiger partial charge in [0.15, 0.2) is 11.6 Å². The fraction of sp³-hybridized carbons (Fsp3) is 0.842. The smallest absolute Gasteiger partial charge is 0.308 e. The predicted octanol–water partition coefficient (Wildman–Crippen LogP) is 11.9. The summed E-state index contributed by atoms with van der Waals surface area (Å²) in [4.78, 5) is 33.9. The minimum Gasteiger partial charge on any atom is -0.481 e. The van der Waals surface area contributed by atoms with Crippen molar-refractivity contribution in [2.75, 3.05) is 6.61 Å². The Labute approximate surface area is 674 Å². The van der Waals surface area contributed by atoms with E-state index >= 15 is 0 Å². The second-order valence-corrected chi connectivity index (χ2v) is 68.9. The van der Waals surface area contributed by atoms with Crippen molar-refractivity contribution >= 4 is 285 Å². The van der Waals surface area contributed by atoms with Crippen LogP contribution in [0, 0.1) is 59.2 Å². The molecule has 6 aliphatic rings. The molecule has 7 rings (SSSR count). The van der Waals surface area contributed by atoms with Gasteiger partial charge in [-0.05, 0) is 84.5 Å². The number of ether oxygens (including phenoxy) is 8. The van der Waals surface area contributed by atoms with Crippen molar-refractivity contribution < 1.29 is 57.4 Å². The summed E-state index contributed by atoms with van der Waals surface area (Å²) >= 11 is 18.9. The molecule has 98 heavy (non-hydrogen) atoms. The molecule has 20 atom stereocenters. The first-order chi connectivity index (χ1) is 46.9. The van der Waals surface area contributed by atoms with E-state index in [2.05, 4.69) is 87.8 Å². The molecule has 6 aliphatic heterocycles. The SMILES string of the molecule is CCOC(C)=O.CC[C@H](C)C[C@H](C)[C@@H]1C[C@@H]2O[C@]3(C[C@H](C)[C@H](C)[C@H](CC(=O)O)O3)C[C@H](C)[C@@H]2O1.CC[C@H](C)C[C@H](C)[C@@H]1C[C@@H]2O[C@]3(C[C@H](C)[C@H](C)[C@H](CC(=O)OCc4ccccc4)O3)C[C@H](C)[C@@H]2O1.S=S=S=S=S=S=S=S=S=S=S=S=S=S.S=S=S=S=S=S=S=S=S=S=S=S=S=S=S. The molecule has 568 valence electrons. The number of hydrogen-bond donors (Lipinski definition) is 1. The van der Waals surface area contributed by atoms with E-state index in [1.165, 1.54) is 68.1 Å². The molecule has 0 unspecified atom stereocenters. The molecule has 1 aromatic rings. The van der Waals surface area contributed by atoms with Crippen LogP contribution < -0.4 is 0 Å². The Hall–Kier alpha value is 3.77. The Morgan fingerprint density at radius 1 is 0.500 bits per heavy atom. The molecule has 1 aromatic carbocycles. The average molecular weight is 1900 g/mol.